The van der Waals surface area contributed by atoms with Crippen LogP contribution in [0.3, 0.4) is 0 Å². The van der Waals surface area contributed by atoms with Crippen molar-refractivity contribution in [2.75, 3.05) is 19.8 Å². The summed E-state index contributed by atoms with van der Waals surface area (Å²) < 4.78 is 9.28. The van der Waals surface area contributed by atoms with E-state index >= 15 is 0 Å². The summed E-state index contributed by atoms with van der Waals surface area (Å²) in [6.07, 6.45) is 75.0. The number of allylic oxidation sites excluding steroid dienone is 1. The van der Waals surface area contributed by atoms with Crippen molar-refractivity contribution in [3.05, 3.63) is 12.2 Å². The molecule has 476 valence electrons. The topological polar surface area (TPSA) is 171 Å². The van der Waals surface area contributed by atoms with E-state index in [0.29, 0.717) is 12.8 Å². The van der Waals surface area contributed by atoms with Gasteiger partial charge in [0, 0.05) is 19.8 Å². The number of esters is 3. The molecule has 0 aromatic carbocycles. The van der Waals surface area contributed by atoms with Crippen LogP contribution in [0, 0.1) is 0 Å². The van der Waals surface area contributed by atoms with E-state index in [1.54, 1.807) is 0 Å². The van der Waals surface area contributed by atoms with Crippen molar-refractivity contribution in [3.8, 4) is 0 Å². The third-order valence-corrected chi connectivity index (χ3v) is 14.8. The van der Waals surface area contributed by atoms with Crippen LogP contribution in [0.2, 0.25) is 0 Å². The Labute approximate surface area is 494 Å². The summed E-state index contributed by atoms with van der Waals surface area (Å²) in [5.74, 6) is -1.10. The molecule has 0 aromatic rings. The average Bonchev–Trinajstić information content (AvgIpc) is 3.43. The van der Waals surface area contributed by atoms with Gasteiger partial charge in [-0.25, -0.2) is 0 Å². The number of carbonyl (C=O) groups is 3. The Hall–Kier alpha value is -1.81. The SMILES string of the molecule is CCCCCCCCCCCCCCCC.CCCCCCCCCCCCCCCC(=O)OC(C)=O.CCCCCCCCCCCCCCCCN.CCCCCC[C@@H](O)C/C=C\CCCCCCCC(=O)OCCO.N. The van der Waals surface area contributed by atoms with E-state index in [0.717, 1.165) is 70.8 Å². The fraction of sp³-hybridized carbons (Fsp3) is 0.929. The molecule has 0 aromatic heterocycles. The van der Waals surface area contributed by atoms with Crippen LogP contribution < -0.4 is 11.9 Å². The summed E-state index contributed by atoms with van der Waals surface area (Å²) in [5, 5.41) is 18.4. The van der Waals surface area contributed by atoms with Crippen molar-refractivity contribution in [2.24, 2.45) is 5.73 Å². The van der Waals surface area contributed by atoms with E-state index in [1.807, 2.05) is 0 Å². The standard InChI is InChI=1S/C20H38O4.C18H34O3.C16H35N.C16H34.H3N/c1-2-3-4-11-14-19(22)15-12-9-7-5-6-8-10-13-16-20(23)24-18-17-21;1-3-4-5-6-7-8-9-10-11-12-13-14-15-16-18(20)21-17(2)19;1-2-3-4-5-6-7-8-9-10-11-12-13-14-15-16-17;1-3-5-7-9-11-13-15-16-14-12-10-8-6-4-2;/h9,12,19,21-22H,2-8,10-11,13-18H2,1H3;3-16H2,1-2H3;2-17H2,1H3;3-16H2,1-2H3;1H3/b12-9-;;;;/t19-;;;;/m1..../s1. The molecule has 9 heteroatoms. The maximum Gasteiger partial charge on any atom is 0.313 e. The molecule has 0 bridgehead atoms. The minimum atomic E-state index is -0.505. The number of carbonyl (C=O) groups excluding carboxylic acids is 3. The molecule has 0 aliphatic heterocycles. The first-order valence-corrected chi connectivity index (χ1v) is 34.7. The molecule has 0 aliphatic rings. The molecule has 0 fully saturated rings. The fourth-order valence-electron chi connectivity index (χ4n) is 9.69. The Balaban J connectivity index is -0.000000311. The summed E-state index contributed by atoms with van der Waals surface area (Å²) >= 11 is 0. The number of nitrogens with two attached hydrogens (primary N) is 1. The second-order valence-corrected chi connectivity index (χ2v) is 23.0. The molecule has 0 aliphatic carbocycles. The lowest BCUT2D eigenvalue weighted by Crippen LogP contribution is -2.08. The van der Waals surface area contributed by atoms with Gasteiger partial charge in [-0.15, -0.1) is 0 Å². The van der Waals surface area contributed by atoms with Crippen LogP contribution in [0.1, 0.15) is 395 Å². The maximum absolute atomic E-state index is 11.2. The fourth-order valence-corrected chi connectivity index (χ4v) is 9.69. The molecular weight excluding hydrogens is 981 g/mol. The third kappa shape index (κ3) is 92.9. The summed E-state index contributed by atoms with van der Waals surface area (Å²) in [7, 11) is 0. The minimum Gasteiger partial charge on any atom is -0.463 e. The molecule has 0 amide bonds. The van der Waals surface area contributed by atoms with Crippen molar-refractivity contribution in [1.29, 1.82) is 0 Å². The van der Waals surface area contributed by atoms with E-state index < -0.39 is 5.97 Å². The van der Waals surface area contributed by atoms with Crippen molar-refractivity contribution < 1.29 is 34.1 Å². The zero-order chi connectivity index (χ0) is 58.2. The summed E-state index contributed by atoms with van der Waals surface area (Å²) in [6, 6.07) is 0. The van der Waals surface area contributed by atoms with E-state index in [9.17, 15) is 19.5 Å². The Bertz CT molecular complexity index is 1110. The Morgan fingerprint density at radius 3 is 0.975 bits per heavy atom. The number of ether oxygens (including phenoxy) is 2. The lowest BCUT2D eigenvalue weighted by Gasteiger charge is -2.07. The summed E-state index contributed by atoms with van der Waals surface area (Å²) in [5.41, 5.74) is 5.47. The lowest BCUT2D eigenvalue weighted by atomic mass is 10.0. The van der Waals surface area contributed by atoms with Gasteiger partial charge in [-0.1, -0.05) is 342 Å². The van der Waals surface area contributed by atoms with Crippen molar-refractivity contribution in [3.63, 3.8) is 0 Å². The van der Waals surface area contributed by atoms with Crippen LogP contribution in [0.5, 0.6) is 0 Å². The highest BCUT2D eigenvalue weighted by Crippen LogP contribution is 2.17. The average molecular weight is 1130 g/mol. The highest BCUT2D eigenvalue weighted by molar-refractivity contribution is 5.83. The van der Waals surface area contributed by atoms with Gasteiger partial charge in [0.2, 0.25) is 0 Å². The molecule has 1 atom stereocenters. The molecule has 0 saturated carbocycles. The summed E-state index contributed by atoms with van der Waals surface area (Å²) in [6.45, 7) is 13.5. The molecule has 0 heterocycles. The van der Waals surface area contributed by atoms with E-state index in [2.05, 4.69) is 51.5 Å². The lowest BCUT2D eigenvalue weighted by molar-refractivity contribution is -0.158. The van der Waals surface area contributed by atoms with Gasteiger partial charge in [0.25, 0.3) is 0 Å². The van der Waals surface area contributed by atoms with E-state index in [1.165, 1.54) is 283 Å². The Kier molecular flexibility index (Phi) is 90.0. The molecule has 0 spiro atoms. The first-order valence-electron chi connectivity index (χ1n) is 34.7. The molecule has 0 rings (SSSR count). The second-order valence-electron chi connectivity index (χ2n) is 23.0. The van der Waals surface area contributed by atoms with Crippen LogP contribution >= 0.6 is 0 Å². The number of aliphatic hydroxyl groups is 2. The van der Waals surface area contributed by atoms with Gasteiger partial charge in [0.1, 0.15) is 6.61 Å². The molecule has 79 heavy (non-hydrogen) atoms. The van der Waals surface area contributed by atoms with Gasteiger partial charge in [-0.3, -0.25) is 14.4 Å². The monoisotopic (exact) mass is 1130 g/mol. The molecular formula is C70H144N2O7. The normalized spacial score (nSPS) is 11.2. The van der Waals surface area contributed by atoms with Crippen LogP contribution in [0.25, 0.3) is 0 Å². The number of hydrogen-bond donors (Lipinski definition) is 4. The van der Waals surface area contributed by atoms with Crippen LogP contribution in [-0.4, -0.2) is 54.0 Å². The number of unbranched alkanes of at least 4 members (excludes halogenated alkanes) is 46. The third-order valence-electron chi connectivity index (χ3n) is 14.8. The van der Waals surface area contributed by atoms with E-state index in [4.69, 9.17) is 15.6 Å². The number of rotatable bonds is 58. The van der Waals surface area contributed by atoms with Gasteiger partial charge in [0.05, 0.1) is 12.7 Å². The highest BCUT2D eigenvalue weighted by Gasteiger charge is 2.06. The zero-order valence-corrected chi connectivity index (χ0v) is 54.5. The van der Waals surface area contributed by atoms with E-state index in [-0.39, 0.29) is 37.4 Å². The predicted octanol–water partition coefficient (Wildman–Crippen LogP) is 22.2. The maximum atomic E-state index is 11.2. The second kappa shape index (κ2) is 82.7. The van der Waals surface area contributed by atoms with Gasteiger partial charge in [-0.2, -0.15) is 0 Å². The van der Waals surface area contributed by atoms with Crippen LogP contribution in [0.4, 0.5) is 0 Å². The van der Waals surface area contributed by atoms with Crippen molar-refractivity contribution >= 4 is 17.9 Å². The Morgan fingerprint density at radius 2 is 0.671 bits per heavy atom. The highest BCUT2D eigenvalue weighted by atomic mass is 16.6. The first kappa shape index (κ1) is 86.0. The molecule has 7 N–H and O–H groups in total. The molecule has 0 unspecified atom stereocenters. The van der Waals surface area contributed by atoms with Gasteiger partial charge >= 0.3 is 17.9 Å². The molecule has 0 saturated heterocycles. The van der Waals surface area contributed by atoms with Gasteiger partial charge in [0.15, 0.2) is 0 Å². The molecule has 9 nitrogen and oxygen atoms in total. The van der Waals surface area contributed by atoms with Gasteiger partial charge < -0.3 is 31.6 Å². The smallest absolute Gasteiger partial charge is 0.313 e. The largest absolute Gasteiger partial charge is 0.463 e. The first-order chi connectivity index (χ1) is 38.2. The molecule has 0 radical (unpaired) electrons. The number of aliphatic hydroxyl groups excluding tert-OH is 2. The minimum absolute atomic E-state index is 0. The number of hydrogen-bond acceptors (Lipinski definition) is 9. The van der Waals surface area contributed by atoms with Crippen molar-refractivity contribution in [2.45, 2.75) is 401 Å². The van der Waals surface area contributed by atoms with Crippen molar-refractivity contribution in [1.82, 2.24) is 6.15 Å². The van der Waals surface area contributed by atoms with Crippen LogP contribution in [0.15, 0.2) is 12.2 Å². The summed E-state index contributed by atoms with van der Waals surface area (Å²) in [4.78, 5) is 32.9. The Morgan fingerprint density at radius 1 is 0.392 bits per heavy atom. The quantitative estimate of drug-likeness (QED) is 0.0200. The predicted molar refractivity (Wildman–Crippen MR) is 346 cm³/mol. The zero-order valence-electron chi connectivity index (χ0n) is 54.5. The van der Waals surface area contributed by atoms with Crippen LogP contribution in [-0.2, 0) is 23.9 Å². The van der Waals surface area contributed by atoms with Gasteiger partial charge in [-0.05, 0) is 51.5 Å².